The van der Waals surface area contributed by atoms with Crippen molar-refractivity contribution in [2.75, 3.05) is 26.4 Å². The summed E-state index contributed by atoms with van der Waals surface area (Å²) in [6, 6.07) is 3.42. The minimum atomic E-state index is -0.241. The molecule has 5 heteroatoms. The highest BCUT2D eigenvalue weighted by Crippen LogP contribution is 2.11. The molecule has 5 nitrogen and oxygen atoms in total. The Labute approximate surface area is 112 Å². The summed E-state index contributed by atoms with van der Waals surface area (Å²) in [7, 11) is 0. The molecule has 1 aliphatic rings. The molecule has 0 saturated carbocycles. The summed E-state index contributed by atoms with van der Waals surface area (Å²) in [4.78, 5) is 16.1. The molecule has 1 fully saturated rings. The molecule has 1 aromatic rings. The third-order valence-electron chi connectivity index (χ3n) is 2.90. The SMILES string of the molecule is O=C(NCC1CCOC1)c1ncccc1C#CCO. The van der Waals surface area contributed by atoms with Gasteiger partial charge in [0.2, 0.25) is 0 Å². The second kappa shape index (κ2) is 6.88. The van der Waals surface area contributed by atoms with Crippen molar-refractivity contribution in [3.05, 3.63) is 29.6 Å². The number of nitrogens with one attached hydrogen (secondary N) is 1. The quantitative estimate of drug-likeness (QED) is 0.761. The molecule has 1 unspecified atom stereocenters. The zero-order valence-electron chi connectivity index (χ0n) is 10.6. The van der Waals surface area contributed by atoms with Gasteiger partial charge in [0, 0.05) is 25.3 Å². The first-order valence-electron chi connectivity index (χ1n) is 6.22. The summed E-state index contributed by atoms with van der Waals surface area (Å²) in [6.07, 6.45) is 2.53. The number of ether oxygens (including phenoxy) is 1. The lowest BCUT2D eigenvalue weighted by molar-refractivity contribution is 0.0939. The molecule has 2 rings (SSSR count). The summed E-state index contributed by atoms with van der Waals surface area (Å²) < 4.78 is 5.25. The van der Waals surface area contributed by atoms with Gasteiger partial charge in [0.1, 0.15) is 12.3 Å². The maximum absolute atomic E-state index is 12.0. The number of aliphatic hydroxyl groups excluding tert-OH is 1. The number of amides is 1. The molecule has 1 saturated heterocycles. The van der Waals surface area contributed by atoms with Gasteiger partial charge in [-0.3, -0.25) is 4.79 Å². The Balaban J connectivity index is 2.01. The Morgan fingerprint density at radius 2 is 2.53 bits per heavy atom. The monoisotopic (exact) mass is 260 g/mol. The molecule has 0 spiro atoms. The molecule has 1 amide bonds. The fraction of sp³-hybridized carbons (Fsp3) is 0.429. The molecule has 1 aliphatic heterocycles. The molecule has 0 bridgehead atoms. The highest BCUT2D eigenvalue weighted by molar-refractivity contribution is 5.94. The molecule has 0 aliphatic carbocycles. The summed E-state index contributed by atoms with van der Waals surface area (Å²) in [5.74, 6) is 5.38. The first kappa shape index (κ1) is 13.5. The number of nitrogens with zero attached hydrogens (tertiary/aromatic N) is 1. The van der Waals surface area contributed by atoms with Crippen LogP contribution in [0.1, 0.15) is 22.5 Å². The van der Waals surface area contributed by atoms with E-state index in [1.54, 1.807) is 18.3 Å². The average molecular weight is 260 g/mol. The largest absolute Gasteiger partial charge is 0.384 e. The van der Waals surface area contributed by atoms with Crippen molar-refractivity contribution in [3.63, 3.8) is 0 Å². The highest BCUT2D eigenvalue weighted by Gasteiger charge is 2.18. The number of aliphatic hydroxyl groups is 1. The summed E-state index contributed by atoms with van der Waals surface area (Å²) in [5, 5.41) is 11.5. The van der Waals surface area contributed by atoms with Gasteiger partial charge in [-0.15, -0.1) is 0 Å². The fourth-order valence-corrected chi connectivity index (χ4v) is 1.89. The van der Waals surface area contributed by atoms with Crippen molar-refractivity contribution in [2.24, 2.45) is 5.92 Å². The Bertz CT molecular complexity index is 499. The lowest BCUT2D eigenvalue weighted by Crippen LogP contribution is -2.30. The van der Waals surface area contributed by atoms with E-state index in [0.29, 0.717) is 30.3 Å². The van der Waals surface area contributed by atoms with Crippen molar-refractivity contribution < 1.29 is 14.6 Å². The van der Waals surface area contributed by atoms with E-state index in [1.165, 1.54) is 0 Å². The lowest BCUT2D eigenvalue weighted by atomic mass is 10.1. The zero-order valence-corrected chi connectivity index (χ0v) is 10.6. The van der Waals surface area contributed by atoms with Crippen LogP contribution in [0.2, 0.25) is 0 Å². The highest BCUT2D eigenvalue weighted by atomic mass is 16.5. The van der Waals surface area contributed by atoms with Gasteiger partial charge in [-0.1, -0.05) is 11.8 Å². The predicted octanol–water partition coefficient (Wildman–Crippen LogP) is 0.192. The van der Waals surface area contributed by atoms with Gasteiger partial charge in [-0.05, 0) is 18.6 Å². The smallest absolute Gasteiger partial charge is 0.271 e. The zero-order chi connectivity index (χ0) is 13.5. The van der Waals surface area contributed by atoms with Crippen LogP contribution >= 0.6 is 0 Å². The van der Waals surface area contributed by atoms with Gasteiger partial charge < -0.3 is 15.2 Å². The van der Waals surface area contributed by atoms with E-state index in [4.69, 9.17) is 9.84 Å². The molecular formula is C14H16N2O3. The van der Waals surface area contributed by atoms with Crippen molar-refractivity contribution in [3.8, 4) is 11.8 Å². The van der Waals surface area contributed by atoms with E-state index in [1.807, 2.05) is 0 Å². The lowest BCUT2D eigenvalue weighted by Gasteiger charge is -2.09. The first-order chi connectivity index (χ1) is 9.31. The molecular weight excluding hydrogens is 244 g/mol. The average Bonchev–Trinajstić information content (AvgIpc) is 2.96. The molecule has 100 valence electrons. The Morgan fingerprint density at radius 1 is 1.63 bits per heavy atom. The van der Waals surface area contributed by atoms with E-state index in [9.17, 15) is 4.79 Å². The van der Waals surface area contributed by atoms with Crippen LogP contribution in [0.5, 0.6) is 0 Å². The van der Waals surface area contributed by atoms with E-state index >= 15 is 0 Å². The van der Waals surface area contributed by atoms with Gasteiger partial charge in [-0.2, -0.15) is 0 Å². The van der Waals surface area contributed by atoms with Gasteiger partial charge >= 0.3 is 0 Å². The van der Waals surface area contributed by atoms with Crippen molar-refractivity contribution in [1.82, 2.24) is 10.3 Å². The maximum atomic E-state index is 12.0. The van der Waals surface area contributed by atoms with Gasteiger partial charge in [-0.25, -0.2) is 4.98 Å². The van der Waals surface area contributed by atoms with Crippen molar-refractivity contribution in [1.29, 1.82) is 0 Å². The normalized spacial score (nSPS) is 17.6. The second-order valence-corrected chi connectivity index (χ2v) is 4.30. The van der Waals surface area contributed by atoms with Crippen LogP contribution in [0, 0.1) is 17.8 Å². The van der Waals surface area contributed by atoms with Gasteiger partial charge in [0.05, 0.1) is 12.2 Å². The second-order valence-electron chi connectivity index (χ2n) is 4.30. The third-order valence-corrected chi connectivity index (χ3v) is 2.90. The minimum Gasteiger partial charge on any atom is -0.384 e. The number of rotatable bonds is 3. The van der Waals surface area contributed by atoms with Crippen LogP contribution < -0.4 is 5.32 Å². The summed E-state index contributed by atoms with van der Waals surface area (Å²) in [5.41, 5.74) is 0.819. The Morgan fingerprint density at radius 3 is 3.26 bits per heavy atom. The van der Waals surface area contributed by atoms with Crippen LogP contribution in [0.3, 0.4) is 0 Å². The van der Waals surface area contributed by atoms with Crippen LogP contribution in [0.25, 0.3) is 0 Å². The molecule has 1 aromatic heterocycles. The van der Waals surface area contributed by atoms with Crippen LogP contribution in [-0.2, 0) is 4.74 Å². The summed E-state index contributed by atoms with van der Waals surface area (Å²) >= 11 is 0. The minimum absolute atomic E-state index is 0.241. The van der Waals surface area contributed by atoms with E-state index in [0.717, 1.165) is 13.0 Å². The van der Waals surface area contributed by atoms with E-state index < -0.39 is 0 Å². The Hall–Kier alpha value is -1.90. The van der Waals surface area contributed by atoms with Crippen LogP contribution in [0.4, 0.5) is 0 Å². The van der Waals surface area contributed by atoms with Crippen molar-refractivity contribution >= 4 is 5.91 Å². The number of pyridine rings is 1. The molecule has 19 heavy (non-hydrogen) atoms. The molecule has 0 aromatic carbocycles. The number of hydrogen-bond acceptors (Lipinski definition) is 4. The van der Waals surface area contributed by atoms with Crippen molar-refractivity contribution in [2.45, 2.75) is 6.42 Å². The predicted molar refractivity (Wildman–Crippen MR) is 69.5 cm³/mol. The molecule has 2 N–H and O–H groups in total. The Kier molecular flexibility index (Phi) is 4.90. The van der Waals surface area contributed by atoms with Gasteiger partial charge in [0.15, 0.2) is 0 Å². The fourth-order valence-electron chi connectivity index (χ4n) is 1.89. The number of hydrogen-bond donors (Lipinski definition) is 2. The van der Waals surface area contributed by atoms with Crippen LogP contribution in [-0.4, -0.2) is 42.4 Å². The van der Waals surface area contributed by atoms with Gasteiger partial charge in [0.25, 0.3) is 5.91 Å². The first-order valence-corrected chi connectivity index (χ1v) is 6.22. The van der Waals surface area contributed by atoms with E-state index in [-0.39, 0.29) is 12.5 Å². The van der Waals surface area contributed by atoms with E-state index in [2.05, 4.69) is 22.1 Å². The number of carbonyl (C=O) groups excluding carboxylic acids is 1. The molecule has 1 atom stereocenters. The summed E-state index contributed by atoms with van der Waals surface area (Å²) in [6.45, 7) is 1.80. The molecule has 2 heterocycles. The molecule has 0 radical (unpaired) electrons. The topological polar surface area (TPSA) is 71.5 Å². The van der Waals surface area contributed by atoms with Crippen LogP contribution in [0.15, 0.2) is 18.3 Å². The third kappa shape index (κ3) is 3.78. The standard InChI is InChI=1S/C14H16N2O3/c17-7-2-4-12-3-1-6-15-13(12)14(18)16-9-11-5-8-19-10-11/h1,3,6,11,17H,5,7-10H2,(H,16,18). The maximum Gasteiger partial charge on any atom is 0.271 e. The number of aromatic nitrogens is 1. The number of carbonyl (C=O) groups is 1.